The molecule has 0 bridgehead atoms. The van der Waals surface area contributed by atoms with Gasteiger partial charge in [-0.05, 0) is 12.1 Å². The fraction of sp³-hybridized carbons (Fsp3) is 0.143. The molecule has 0 atom stereocenters. The van der Waals surface area contributed by atoms with Crippen molar-refractivity contribution < 1.29 is 16.8 Å². The summed E-state index contributed by atoms with van der Waals surface area (Å²) in [5.41, 5.74) is 0. The molecule has 0 aliphatic rings. The van der Waals surface area contributed by atoms with Gasteiger partial charge in [0.25, 0.3) is 0 Å². The smallest absolute Gasteiger partial charge is 0.225 e. The largest absolute Gasteiger partial charge is 0.239 e. The summed E-state index contributed by atoms with van der Waals surface area (Å²) in [6.07, 6.45) is 0.928. The van der Waals surface area contributed by atoms with E-state index in [1.54, 1.807) is 0 Å². The topological polar surface area (TPSA) is 94.3 Å². The van der Waals surface area contributed by atoms with Crippen molar-refractivity contribution in [2.75, 3.05) is 6.26 Å². The van der Waals surface area contributed by atoms with Gasteiger partial charge in [-0.2, -0.15) is 0 Å². The Morgan fingerprint density at radius 1 is 1.00 bits per heavy atom. The van der Waals surface area contributed by atoms with Crippen LogP contribution in [0.5, 0.6) is 0 Å². The van der Waals surface area contributed by atoms with Crippen LogP contribution in [0.3, 0.4) is 0 Å². The van der Waals surface area contributed by atoms with E-state index in [9.17, 15) is 16.8 Å². The van der Waals surface area contributed by atoms with E-state index in [0.29, 0.717) is 0 Å². The van der Waals surface area contributed by atoms with Gasteiger partial charge in [0.15, 0.2) is 9.84 Å². The normalized spacial score (nSPS) is 12.7. The second kappa shape index (κ2) is 3.34. The second-order valence-corrected chi connectivity index (χ2v) is 6.28. The predicted molar refractivity (Wildman–Crippen MR) is 50.9 cm³/mol. The van der Waals surface area contributed by atoms with Crippen LogP contribution in [-0.4, -0.2) is 23.1 Å². The van der Waals surface area contributed by atoms with Gasteiger partial charge in [0.1, 0.15) is 4.90 Å². The summed E-state index contributed by atoms with van der Waals surface area (Å²) in [6.45, 7) is 0. The molecule has 78 valence electrons. The lowest BCUT2D eigenvalue weighted by atomic mass is 10.4. The van der Waals surface area contributed by atoms with Gasteiger partial charge in [0.05, 0.1) is 4.90 Å². The molecule has 1 aromatic carbocycles. The third kappa shape index (κ3) is 2.31. The number of primary sulfonamides is 1. The first-order valence-corrected chi connectivity index (χ1v) is 6.98. The summed E-state index contributed by atoms with van der Waals surface area (Å²) >= 11 is 0. The van der Waals surface area contributed by atoms with Gasteiger partial charge in [0.2, 0.25) is 10.0 Å². The predicted octanol–water partition coefficient (Wildman–Crippen LogP) is -0.262. The summed E-state index contributed by atoms with van der Waals surface area (Å²) in [6, 6.07) is 5.21. The summed E-state index contributed by atoms with van der Waals surface area (Å²) in [4.78, 5) is -0.648. The molecule has 0 spiro atoms. The van der Waals surface area contributed by atoms with Gasteiger partial charge in [0, 0.05) is 6.26 Å². The van der Waals surface area contributed by atoms with Crippen molar-refractivity contribution in [1.82, 2.24) is 0 Å². The van der Waals surface area contributed by atoms with E-state index in [1.807, 2.05) is 0 Å². The molecule has 1 aromatic rings. The third-order valence-corrected chi connectivity index (χ3v) is 3.81. The summed E-state index contributed by atoms with van der Waals surface area (Å²) in [7, 11) is -7.57. The zero-order valence-electron chi connectivity index (χ0n) is 7.34. The van der Waals surface area contributed by atoms with Crippen LogP contribution in [-0.2, 0) is 19.9 Å². The molecule has 0 saturated heterocycles. The number of sulfone groups is 1. The highest BCUT2D eigenvalue weighted by Gasteiger charge is 2.19. The molecule has 0 fully saturated rings. The minimum absolute atomic E-state index is 0.275. The van der Waals surface area contributed by atoms with Crippen molar-refractivity contribution in [2.45, 2.75) is 9.79 Å². The van der Waals surface area contributed by atoms with Gasteiger partial charge >= 0.3 is 0 Å². The zero-order chi connectivity index (χ0) is 11.0. The first-order chi connectivity index (χ1) is 6.23. The quantitative estimate of drug-likeness (QED) is 0.764. The van der Waals surface area contributed by atoms with Crippen molar-refractivity contribution in [2.24, 2.45) is 5.14 Å². The number of benzene rings is 1. The van der Waals surface area contributed by atoms with Gasteiger partial charge in [-0.25, -0.2) is 22.0 Å². The number of hydrogen-bond acceptors (Lipinski definition) is 4. The van der Waals surface area contributed by atoms with Crippen molar-refractivity contribution >= 4 is 19.9 Å². The molecule has 0 saturated carbocycles. The fourth-order valence-electron chi connectivity index (χ4n) is 0.992. The van der Waals surface area contributed by atoms with Crippen molar-refractivity contribution in [3.63, 3.8) is 0 Å². The van der Waals surface area contributed by atoms with Crippen LogP contribution in [0.2, 0.25) is 0 Å². The van der Waals surface area contributed by atoms with E-state index in [1.165, 1.54) is 18.2 Å². The lowest BCUT2D eigenvalue weighted by molar-refractivity contribution is 0.586. The van der Waals surface area contributed by atoms with Crippen LogP contribution in [0, 0.1) is 0 Å². The maximum Gasteiger partial charge on any atom is 0.239 e. The van der Waals surface area contributed by atoms with E-state index < -0.39 is 19.9 Å². The Bertz CT molecular complexity index is 494. The van der Waals surface area contributed by atoms with Crippen LogP contribution in [0.4, 0.5) is 0 Å². The number of sulfonamides is 1. The van der Waals surface area contributed by atoms with Gasteiger partial charge < -0.3 is 0 Å². The highest BCUT2D eigenvalue weighted by atomic mass is 32.2. The monoisotopic (exact) mass is 235 g/mol. The molecule has 2 N–H and O–H groups in total. The Kier molecular flexibility index (Phi) is 2.66. The molecule has 1 rings (SSSR count). The van der Waals surface area contributed by atoms with Crippen LogP contribution < -0.4 is 5.14 Å². The highest BCUT2D eigenvalue weighted by molar-refractivity contribution is 7.93. The number of rotatable bonds is 2. The van der Waals surface area contributed by atoms with E-state index in [0.717, 1.165) is 12.3 Å². The molecule has 14 heavy (non-hydrogen) atoms. The second-order valence-electron chi connectivity index (χ2n) is 2.76. The molecule has 0 aromatic heterocycles. The Morgan fingerprint density at radius 3 is 1.71 bits per heavy atom. The van der Waals surface area contributed by atoms with Gasteiger partial charge in [-0.15, -0.1) is 0 Å². The van der Waals surface area contributed by atoms with E-state index in [4.69, 9.17) is 5.14 Å². The van der Waals surface area contributed by atoms with Crippen LogP contribution in [0.15, 0.2) is 34.1 Å². The molecule has 0 aliphatic carbocycles. The van der Waals surface area contributed by atoms with E-state index in [-0.39, 0.29) is 9.79 Å². The number of hydrogen-bond donors (Lipinski definition) is 1. The first kappa shape index (κ1) is 11.2. The Balaban J connectivity index is 3.64. The Morgan fingerprint density at radius 2 is 1.43 bits per heavy atom. The SMILES string of the molecule is CS(=O)(=O)c1ccccc1S(N)(=O)=O. The summed E-state index contributed by atoms with van der Waals surface area (Å²) in [5.74, 6) is 0. The molecule has 0 radical (unpaired) electrons. The molecular formula is C7H9NO4S2. The Hall–Kier alpha value is -0.920. The molecule has 7 heteroatoms. The van der Waals surface area contributed by atoms with Crippen LogP contribution in [0.1, 0.15) is 0 Å². The zero-order valence-corrected chi connectivity index (χ0v) is 8.97. The molecule has 0 amide bonds. The van der Waals surface area contributed by atoms with E-state index in [2.05, 4.69) is 0 Å². The van der Waals surface area contributed by atoms with Crippen molar-refractivity contribution in [1.29, 1.82) is 0 Å². The molecule has 0 unspecified atom stereocenters. The maximum absolute atomic E-state index is 11.2. The maximum atomic E-state index is 11.2. The summed E-state index contributed by atoms with van der Waals surface area (Å²) in [5, 5.41) is 4.86. The van der Waals surface area contributed by atoms with Crippen molar-refractivity contribution in [3.8, 4) is 0 Å². The molecular weight excluding hydrogens is 226 g/mol. The van der Waals surface area contributed by atoms with E-state index >= 15 is 0 Å². The molecule has 0 aliphatic heterocycles. The molecule has 5 nitrogen and oxygen atoms in total. The standard InChI is InChI=1S/C7H9NO4S2/c1-13(9,10)6-4-2-3-5-7(6)14(8,11)12/h2-5H,1H3,(H2,8,11,12). The third-order valence-electron chi connectivity index (χ3n) is 1.56. The van der Waals surface area contributed by atoms with Crippen LogP contribution >= 0.6 is 0 Å². The first-order valence-electron chi connectivity index (χ1n) is 3.55. The minimum atomic E-state index is -4.00. The lowest BCUT2D eigenvalue weighted by Crippen LogP contribution is -2.16. The average molecular weight is 235 g/mol. The Labute approximate surface area is 82.5 Å². The highest BCUT2D eigenvalue weighted by Crippen LogP contribution is 2.18. The number of nitrogens with two attached hydrogens (primary N) is 1. The fourth-order valence-corrected chi connectivity index (χ4v) is 3.17. The average Bonchev–Trinajstić information content (AvgIpc) is 2.01. The van der Waals surface area contributed by atoms with Crippen LogP contribution in [0.25, 0.3) is 0 Å². The minimum Gasteiger partial charge on any atom is -0.225 e. The van der Waals surface area contributed by atoms with Gasteiger partial charge in [-0.1, -0.05) is 12.1 Å². The van der Waals surface area contributed by atoms with Gasteiger partial charge in [-0.3, -0.25) is 0 Å². The molecule has 0 heterocycles. The summed E-state index contributed by atoms with van der Waals surface area (Å²) < 4.78 is 44.4. The van der Waals surface area contributed by atoms with Crippen molar-refractivity contribution in [3.05, 3.63) is 24.3 Å². The lowest BCUT2D eigenvalue weighted by Gasteiger charge is -2.04.